The van der Waals surface area contributed by atoms with Gasteiger partial charge in [-0.2, -0.15) is 0 Å². The molecule has 5 aliphatic heterocycles. The Kier molecular flexibility index (Phi) is 10.2. The fourth-order valence-corrected chi connectivity index (χ4v) is 7.72. The number of fused-ring (bicyclic) bond motifs is 2. The minimum Gasteiger partial charge on any atom is -0.494 e. The summed E-state index contributed by atoms with van der Waals surface area (Å²) in [6.07, 6.45) is 3.52. The Bertz CT molecular complexity index is 1550. The highest BCUT2D eigenvalue weighted by atomic mass is 32.2. The molecule has 7 bridgehead atoms. The summed E-state index contributed by atoms with van der Waals surface area (Å²) in [7, 11) is -1.83. The number of aliphatic imine (C=N–C) groups is 1. The number of ether oxygens (including phenoxy) is 1. The maximum Gasteiger partial charge on any atom is 0.264 e. The molecule has 0 atom stereocenters. The average Bonchev–Trinajstić information content (AvgIpc) is 3.33. The Morgan fingerprint density at radius 2 is 1.64 bits per heavy atom. The molecular weight excluding hydrogens is 602 g/mol. The number of aryl methyl sites for hydroxylation is 2. The van der Waals surface area contributed by atoms with Gasteiger partial charge in [0.05, 0.1) is 12.4 Å². The van der Waals surface area contributed by atoms with Crippen LogP contribution in [0.4, 0.5) is 8.78 Å². The predicted octanol–water partition coefficient (Wildman–Crippen LogP) is 5.02. The zero-order valence-electron chi connectivity index (χ0n) is 26.0. The van der Waals surface area contributed by atoms with Crippen LogP contribution in [0.2, 0.25) is 0 Å². The molecule has 0 saturated carbocycles. The maximum atomic E-state index is 13.8. The molecule has 45 heavy (non-hydrogen) atoms. The smallest absolute Gasteiger partial charge is 0.264 e. The third-order valence-electron chi connectivity index (χ3n) is 9.10. The van der Waals surface area contributed by atoms with E-state index in [4.69, 9.17) is 4.74 Å². The highest BCUT2D eigenvalue weighted by molar-refractivity contribution is 7.89. The van der Waals surface area contributed by atoms with E-state index in [0.717, 1.165) is 49.7 Å². The van der Waals surface area contributed by atoms with Crippen LogP contribution in [-0.2, 0) is 21.2 Å². The zero-order valence-corrected chi connectivity index (χ0v) is 26.8. The van der Waals surface area contributed by atoms with Crippen LogP contribution in [-0.4, -0.2) is 79.9 Å². The first kappa shape index (κ1) is 33.0. The summed E-state index contributed by atoms with van der Waals surface area (Å²) in [5, 5.41) is 2.76. The quantitative estimate of drug-likeness (QED) is 0.469. The van der Waals surface area contributed by atoms with E-state index >= 15 is 0 Å². The van der Waals surface area contributed by atoms with Gasteiger partial charge >= 0.3 is 0 Å². The number of nitrogens with zero attached hydrogens (tertiary/aromatic N) is 3. The first-order valence-electron chi connectivity index (χ1n) is 15.8. The predicted molar refractivity (Wildman–Crippen MR) is 168 cm³/mol. The van der Waals surface area contributed by atoms with Crippen molar-refractivity contribution in [3.05, 3.63) is 64.2 Å². The highest BCUT2D eigenvalue weighted by Crippen LogP contribution is 2.34. The number of sulfonamides is 1. The van der Waals surface area contributed by atoms with Gasteiger partial charge in [0, 0.05) is 43.4 Å². The van der Waals surface area contributed by atoms with Crippen LogP contribution >= 0.6 is 0 Å². The third kappa shape index (κ3) is 7.71. The molecule has 0 aliphatic carbocycles. The van der Waals surface area contributed by atoms with Crippen LogP contribution in [0, 0.1) is 6.92 Å². The van der Waals surface area contributed by atoms with E-state index in [1.807, 2.05) is 19.1 Å². The van der Waals surface area contributed by atoms with E-state index in [0.29, 0.717) is 30.7 Å². The molecular formula is C33H42F2N4O5S. The molecule has 0 unspecified atom stereocenters. The van der Waals surface area contributed by atoms with Gasteiger partial charge in [-0.25, -0.2) is 21.5 Å². The molecule has 9 nitrogen and oxygen atoms in total. The van der Waals surface area contributed by atoms with E-state index in [1.165, 1.54) is 16.4 Å². The van der Waals surface area contributed by atoms with Crippen molar-refractivity contribution in [3.63, 3.8) is 0 Å². The van der Waals surface area contributed by atoms with Crippen LogP contribution in [0.25, 0.3) is 0 Å². The Labute approximate surface area is 264 Å². The monoisotopic (exact) mass is 644 g/mol. The van der Waals surface area contributed by atoms with Gasteiger partial charge in [-0.15, -0.1) is 0 Å². The Hall–Kier alpha value is -3.38. The van der Waals surface area contributed by atoms with Gasteiger partial charge in [0.2, 0.25) is 10.0 Å². The molecule has 1 N–H and O–H groups in total. The van der Waals surface area contributed by atoms with E-state index in [1.54, 1.807) is 24.1 Å². The lowest BCUT2D eigenvalue weighted by Gasteiger charge is -2.34. The number of halogens is 2. The van der Waals surface area contributed by atoms with E-state index < -0.39 is 22.0 Å². The highest BCUT2D eigenvalue weighted by Gasteiger charge is 2.47. The van der Waals surface area contributed by atoms with Gasteiger partial charge in [-0.3, -0.25) is 14.6 Å². The van der Waals surface area contributed by atoms with Crippen LogP contribution in [0.1, 0.15) is 90.4 Å². The van der Waals surface area contributed by atoms with Crippen LogP contribution in [0.5, 0.6) is 5.75 Å². The Morgan fingerprint density at radius 1 is 0.933 bits per heavy atom. The Balaban J connectivity index is 1.36. The van der Waals surface area contributed by atoms with Crippen molar-refractivity contribution < 1.29 is 31.5 Å². The molecule has 1 spiro atoms. The molecule has 0 radical (unpaired) electrons. The minimum atomic E-state index is -3.63. The van der Waals surface area contributed by atoms with Crippen molar-refractivity contribution in [2.75, 3.05) is 39.0 Å². The number of benzene rings is 2. The standard InChI is InChI=1S/C33H42F2N4O5S/c1-23-19-25-10-9-24(23)11-18-45(42,43)39-15-12-33(13-16-39)32(41)36-30(37-33)27-20-26(29(34)35)21-28(22-27)44-17-8-6-4-3-5-7-14-38(2)31(25)40/h9-10,19-22,29H,3-8,11-18H2,1-2H3,(H,36,37,41). The summed E-state index contributed by atoms with van der Waals surface area (Å²) in [4.78, 5) is 32.6. The lowest BCUT2D eigenvalue weighted by molar-refractivity contribution is -0.124. The molecule has 2 aromatic carbocycles. The number of hydrogen-bond donors (Lipinski definition) is 1. The summed E-state index contributed by atoms with van der Waals surface area (Å²) in [6.45, 7) is 3.15. The summed E-state index contributed by atoms with van der Waals surface area (Å²) < 4.78 is 61.4. The number of rotatable bonds is 1. The molecule has 1 saturated heterocycles. The fraction of sp³-hybridized carbons (Fsp3) is 0.545. The number of carbonyl (C=O) groups excluding carboxylic acids is 2. The largest absolute Gasteiger partial charge is 0.494 e. The second-order valence-electron chi connectivity index (χ2n) is 12.3. The maximum absolute atomic E-state index is 13.8. The van der Waals surface area contributed by atoms with Crippen molar-refractivity contribution in [1.82, 2.24) is 14.5 Å². The van der Waals surface area contributed by atoms with Gasteiger partial charge in [-0.1, -0.05) is 31.7 Å². The second kappa shape index (κ2) is 13.9. The van der Waals surface area contributed by atoms with Gasteiger partial charge < -0.3 is 15.0 Å². The lowest BCUT2D eigenvalue weighted by Crippen LogP contribution is -2.50. The number of hydrogen-bond acceptors (Lipinski definition) is 6. The number of amidine groups is 1. The average molecular weight is 645 g/mol. The zero-order chi connectivity index (χ0) is 32.2. The summed E-state index contributed by atoms with van der Waals surface area (Å²) in [5.74, 6) is -0.0316. The number of piperidine rings is 1. The lowest BCUT2D eigenvalue weighted by atomic mass is 9.89. The summed E-state index contributed by atoms with van der Waals surface area (Å²) >= 11 is 0. The van der Waals surface area contributed by atoms with Gasteiger partial charge in [-0.05, 0) is 80.5 Å². The molecule has 244 valence electrons. The third-order valence-corrected chi connectivity index (χ3v) is 11.0. The van der Waals surface area contributed by atoms with Crippen LogP contribution < -0.4 is 10.1 Å². The van der Waals surface area contributed by atoms with Crippen molar-refractivity contribution in [1.29, 1.82) is 0 Å². The van der Waals surface area contributed by atoms with Crippen molar-refractivity contribution in [3.8, 4) is 5.75 Å². The van der Waals surface area contributed by atoms with Crippen LogP contribution in [0.3, 0.4) is 0 Å². The molecule has 5 aliphatic rings. The molecule has 5 heterocycles. The summed E-state index contributed by atoms with van der Waals surface area (Å²) in [6, 6.07) is 9.67. The minimum absolute atomic E-state index is 0.0603. The van der Waals surface area contributed by atoms with Crippen LogP contribution in [0.15, 0.2) is 41.4 Å². The normalized spacial score (nSPS) is 25.0. The topological polar surface area (TPSA) is 108 Å². The fourth-order valence-electron chi connectivity index (χ4n) is 6.24. The summed E-state index contributed by atoms with van der Waals surface area (Å²) in [5.41, 5.74) is 1.28. The number of amides is 2. The molecule has 12 heteroatoms. The van der Waals surface area contributed by atoms with Crippen molar-refractivity contribution in [2.24, 2.45) is 4.99 Å². The number of alkyl halides is 2. The Morgan fingerprint density at radius 3 is 2.36 bits per heavy atom. The molecule has 7 rings (SSSR count). The van der Waals surface area contributed by atoms with E-state index in [9.17, 15) is 26.8 Å². The van der Waals surface area contributed by atoms with Gasteiger partial charge in [0.1, 0.15) is 17.1 Å². The molecule has 2 amide bonds. The first-order chi connectivity index (χ1) is 21.5. The van der Waals surface area contributed by atoms with Gasteiger partial charge in [0.25, 0.3) is 18.2 Å². The SMILES string of the molecule is Cc1cc2ccc1CCS(=O)(=O)N1CCC3(CC1)N=C(NC3=O)c1cc(cc(C(F)F)c1)OCCCCCCCCN(C)C2=O. The van der Waals surface area contributed by atoms with Crippen molar-refractivity contribution in [2.45, 2.75) is 76.7 Å². The number of carbonyl (C=O) groups is 2. The second-order valence-corrected chi connectivity index (χ2v) is 14.4. The number of nitrogens with one attached hydrogen (secondary N) is 1. The molecule has 1 fully saturated rings. The molecule has 0 aromatic heterocycles. The van der Waals surface area contributed by atoms with Gasteiger partial charge in [0.15, 0.2) is 0 Å². The van der Waals surface area contributed by atoms with Crippen molar-refractivity contribution >= 4 is 27.7 Å². The molecule has 2 aromatic rings. The van der Waals surface area contributed by atoms with E-state index in [-0.39, 0.29) is 60.6 Å². The first-order valence-corrected chi connectivity index (χ1v) is 17.4. The van der Waals surface area contributed by atoms with E-state index in [2.05, 4.69) is 10.3 Å².